The largest absolute Gasteiger partial charge is 0.480 e. The van der Waals surface area contributed by atoms with Gasteiger partial charge in [-0.25, -0.2) is 4.98 Å². The molecule has 1 amide bonds. The number of benzene rings is 1. The predicted octanol–water partition coefficient (Wildman–Crippen LogP) is 2.96. The summed E-state index contributed by atoms with van der Waals surface area (Å²) in [6, 6.07) is 7.81. The third kappa shape index (κ3) is 2.42. The molecule has 1 N–H and O–H groups in total. The zero-order valence-electron chi connectivity index (χ0n) is 11.6. The summed E-state index contributed by atoms with van der Waals surface area (Å²) in [7, 11) is 0. The second kappa shape index (κ2) is 5.15. The number of carbonyl (C=O) groups is 1. The second-order valence-electron chi connectivity index (χ2n) is 5.50. The molecule has 0 fully saturated rings. The van der Waals surface area contributed by atoms with E-state index in [1.165, 1.54) is 17.7 Å². The van der Waals surface area contributed by atoms with Crippen LogP contribution in [-0.2, 0) is 24.1 Å². The molecule has 1 aliphatic heterocycles. The van der Waals surface area contributed by atoms with Gasteiger partial charge in [-0.15, -0.1) is 11.3 Å². The van der Waals surface area contributed by atoms with Crippen molar-refractivity contribution in [1.82, 2.24) is 4.98 Å². The highest BCUT2D eigenvalue weighted by molar-refractivity contribution is 7.15. The van der Waals surface area contributed by atoms with Crippen LogP contribution in [0.4, 0.5) is 5.13 Å². The molecular weight excluding hydrogens is 284 g/mol. The van der Waals surface area contributed by atoms with Crippen molar-refractivity contribution in [2.45, 2.75) is 38.2 Å². The Hall–Kier alpha value is -1.88. The number of carbonyl (C=O) groups excluding carboxylic acids is 1. The van der Waals surface area contributed by atoms with Gasteiger partial charge in [0.25, 0.3) is 5.91 Å². The summed E-state index contributed by atoms with van der Waals surface area (Å²) in [6.45, 7) is 0. The van der Waals surface area contributed by atoms with E-state index < -0.39 is 6.10 Å². The molecule has 4 nitrogen and oxygen atoms in total. The number of thiazole rings is 1. The molecule has 1 aromatic carbocycles. The monoisotopic (exact) mass is 300 g/mol. The molecule has 0 saturated heterocycles. The lowest BCUT2D eigenvalue weighted by Crippen LogP contribution is -2.31. The zero-order chi connectivity index (χ0) is 14.2. The van der Waals surface area contributed by atoms with Crippen molar-refractivity contribution in [3.63, 3.8) is 0 Å². The Morgan fingerprint density at radius 2 is 2.14 bits per heavy atom. The summed E-state index contributed by atoms with van der Waals surface area (Å²) < 4.78 is 5.71. The minimum absolute atomic E-state index is 0.0997. The van der Waals surface area contributed by atoms with E-state index in [2.05, 4.69) is 10.3 Å². The Morgan fingerprint density at radius 3 is 3.00 bits per heavy atom. The van der Waals surface area contributed by atoms with Crippen molar-refractivity contribution in [2.75, 3.05) is 5.32 Å². The van der Waals surface area contributed by atoms with Crippen molar-refractivity contribution in [1.29, 1.82) is 0 Å². The summed E-state index contributed by atoms with van der Waals surface area (Å²) >= 11 is 1.61. The Labute approximate surface area is 127 Å². The number of hydrogen-bond donors (Lipinski definition) is 1. The SMILES string of the molecule is O=C(Nc1nc2c(s1)CCCC2)C1Cc2ccccc2O1. The Kier molecular flexibility index (Phi) is 3.15. The van der Waals surface area contributed by atoms with E-state index in [0.29, 0.717) is 11.6 Å². The fraction of sp³-hybridized carbons (Fsp3) is 0.375. The van der Waals surface area contributed by atoms with Gasteiger partial charge in [0.15, 0.2) is 11.2 Å². The standard InChI is InChI=1S/C16H16N2O2S/c19-15(13-9-10-5-1-3-7-12(10)20-13)18-16-17-11-6-2-4-8-14(11)21-16/h1,3,5,7,13H,2,4,6,8-9H2,(H,17,18,19). The number of nitrogens with zero attached hydrogens (tertiary/aromatic N) is 1. The molecule has 2 heterocycles. The average Bonchev–Trinajstić information content (AvgIpc) is 3.10. The second-order valence-corrected chi connectivity index (χ2v) is 6.59. The average molecular weight is 300 g/mol. The van der Waals surface area contributed by atoms with E-state index >= 15 is 0 Å². The molecule has 1 aliphatic carbocycles. The van der Waals surface area contributed by atoms with Crippen LogP contribution in [0.2, 0.25) is 0 Å². The van der Waals surface area contributed by atoms with Crippen LogP contribution in [-0.4, -0.2) is 17.0 Å². The van der Waals surface area contributed by atoms with Crippen molar-refractivity contribution in [2.24, 2.45) is 0 Å². The van der Waals surface area contributed by atoms with Gasteiger partial charge >= 0.3 is 0 Å². The van der Waals surface area contributed by atoms with E-state index in [-0.39, 0.29) is 5.91 Å². The van der Waals surface area contributed by atoms with Gasteiger partial charge in [0.1, 0.15) is 5.75 Å². The molecule has 0 radical (unpaired) electrons. The lowest BCUT2D eigenvalue weighted by molar-refractivity contribution is -0.122. The minimum Gasteiger partial charge on any atom is -0.480 e. The number of aryl methyl sites for hydroxylation is 2. The molecule has 4 rings (SSSR count). The molecule has 2 aromatic rings. The van der Waals surface area contributed by atoms with Gasteiger partial charge in [0.05, 0.1) is 5.69 Å². The molecule has 0 spiro atoms. The Balaban J connectivity index is 1.46. The van der Waals surface area contributed by atoms with Gasteiger partial charge in [0.2, 0.25) is 0 Å². The van der Waals surface area contributed by atoms with Crippen LogP contribution in [0.15, 0.2) is 24.3 Å². The van der Waals surface area contributed by atoms with Gasteiger partial charge < -0.3 is 4.74 Å². The van der Waals surface area contributed by atoms with Crippen LogP contribution in [0.5, 0.6) is 5.75 Å². The first-order valence-corrected chi connectivity index (χ1v) is 8.15. The maximum atomic E-state index is 12.3. The molecule has 1 aromatic heterocycles. The number of hydrogen-bond acceptors (Lipinski definition) is 4. The van der Waals surface area contributed by atoms with E-state index in [1.54, 1.807) is 11.3 Å². The number of para-hydroxylation sites is 1. The Morgan fingerprint density at radius 1 is 1.29 bits per heavy atom. The van der Waals surface area contributed by atoms with Crippen LogP contribution < -0.4 is 10.1 Å². The van der Waals surface area contributed by atoms with E-state index in [9.17, 15) is 4.79 Å². The highest BCUT2D eigenvalue weighted by Crippen LogP contribution is 2.31. The molecule has 5 heteroatoms. The maximum absolute atomic E-state index is 12.3. The third-order valence-electron chi connectivity index (χ3n) is 4.02. The number of anilines is 1. The summed E-state index contributed by atoms with van der Waals surface area (Å²) in [4.78, 5) is 18.2. The fourth-order valence-corrected chi connectivity index (χ4v) is 3.97. The molecule has 21 heavy (non-hydrogen) atoms. The summed E-state index contributed by atoms with van der Waals surface area (Å²) in [5, 5.41) is 3.63. The minimum atomic E-state index is -0.441. The lowest BCUT2D eigenvalue weighted by atomic mass is 10.0. The number of fused-ring (bicyclic) bond motifs is 2. The highest BCUT2D eigenvalue weighted by Gasteiger charge is 2.29. The number of aromatic nitrogens is 1. The van der Waals surface area contributed by atoms with Crippen LogP contribution in [0.1, 0.15) is 29.0 Å². The smallest absolute Gasteiger partial charge is 0.267 e. The number of nitrogens with one attached hydrogen (secondary N) is 1. The number of rotatable bonds is 2. The van der Waals surface area contributed by atoms with Gasteiger partial charge in [-0.05, 0) is 37.3 Å². The molecule has 0 saturated carbocycles. The van der Waals surface area contributed by atoms with Crippen LogP contribution in [0, 0.1) is 0 Å². The van der Waals surface area contributed by atoms with Crippen LogP contribution in [0.25, 0.3) is 0 Å². The van der Waals surface area contributed by atoms with Gasteiger partial charge in [-0.3, -0.25) is 10.1 Å². The third-order valence-corrected chi connectivity index (χ3v) is 5.09. The first kappa shape index (κ1) is 12.8. The maximum Gasteiger partial charge on any atom is 0.267 e. The highest BCUT2D eigenvalue weighted by atomic mass is 32.1. The van der Waals surface area contributed by atoms with Crippen molar-refractivity contribution >= 4 is 22.4 Å². The first-order chi connectivity index (χ1) is 10.3. The van der Waals surface area contributed by atoms with Crippen LogP contribution >= 0.6 is 11.3 Å². The van der Waals surface area contributed by atoms with E-state index in [0.717, 1.165) is 29.8 Å². The lowest BCUT2D eigenvalue weighted by Gasteiger charge is -2.09. The molecule has 108 valence electrons. The van der Waals surface area contributed by atoms with E-state index in [4.69, 9.17) is 4.74 Å². The molecule has 1 unspecified atom stereocenters. The summed E-state index contributed by atoms with van der Waals surface area (Å²) in [5.74, 6) is 0.716. The molecular formula is C16H16N2O2S. The first-order valence-electron chi connectivity index (χ1n) is 7.33. The van der Waals surface area contributed by atoms with Crippen molar-refractivity contribution < 1.29 is 9.53 Å². The molecule has 0 bridgehead atoms. The fourth-order valence-electron chi connectivity index (χ4n) is 2.92. The van der Waals surface area contributed by atoms with Gasteiger partial charge in [-0.2, -0.15) is 0 Å². The number of ether oxygens (including phenoxy) is 1. The van der Waals surface area contributed by atoms with Gasteiger partial charge in [-0.1, -0.05) is 18.2 Å². The topological polar surface area (TPSA) is 51.2 Å². The summed E-state index contributed by atoms with van der Waals surface area (Å²) in [5.41, 5.74) is 2.26. The quantitative estimate of drug-likeness (QED) is 0.927. The van der Waals surface area contributed by atoms with Gasteiger partial charge in [0, 0.05) is 11.3 Å². The van der Waals surface area contributed by atoms with E-state index in [1.807, 2.05) is 24.3 Å². The Bertz CT molecular complexity index is 647. The zero-order valence-corrected chi connectivity index (χ0v) is 12.4. The summed E-state index contributed by atoms with van der Waals surface area (Å²) in [6.07, 6.45) is 4.74. The van der Waals surface area contributed by atoms with Crippen molar-refractivity contribution in [3.05, 3.63) is 40.4 Å². The predicted molar refractivity (Wildman–Crippen MR) is 81.9 cm³/mol. The molecule has 2 aliphatic rings. The van der Waals surface area contributed by atoms with Crippen molar-refractivity contribution in [3.8, 4) is 5.75 Å². The molecule has 1 atom stereocenters. The normalized spacial score (nSPS) is 19.5. The number of amides is 1. The van der Waals surface area contributed by atoms with Crippen LogP contribution in [0.3, 0.4) is 0 Å².